The molecule has 2 atom stereocenters. The highest BCUT2D eigenvalue weighted by Crippen LogP contribution is 2.32. The molecule has 2 rings (SSSR count). The second-order valence-electron chi connectivity index (χ2n) is 5.61. The van der Waals surface area contributed by atoms with E-state index in [0.717, 1.165) is 6.07 Å². The van der Waals surface area contributed by atoms with Gasteiger partial charge in [0.15, 0.2) is 11.4 Å². The smallest absolute Gasteiger partial charge is 0.339 e. The lowest BCUT2D eigenvalue weighted by atomic mass is 9.85. The van der Waals surface area contributed by atoms with E-state index >= 15 is 0 Å². The maximum absolute atomic E-state index is 12.2. The Morgan fingerprint density at radius 1 is 1.45 bits per heavy atom. The van der Waals surface area contributed by atoms with Crippen LogP contribution in [-0.2, 0) is 9.53 Å². The predicted molar refractivity (Wildman–Crippen MR) is 77.6 cm³/mol. The van der Waals surface area contributed by atoms with E-state index in [-0.39, 0.29) is 23.5 Å². The number of Topliss-reactive ketones (excluding diaryl/α,β-unsaturated/α-hetero) is 1. The van der Waals surface area contributed by atoms with Crippen LogP contribution in [0.3, 0.4) is 0 Å². The minimum absolute atomic E-state index is 0.0642. The molecule has 118 valence electrons. The van der Waals surface area contributed by atoms with Gasteiger partial charge < -0.3 is 20.1 Å². The summed E-state index contributed by atoms with van der Waals surface area (Å²) in [6.07, 6.45) is -0.547. The zero-order chi connectivity index (χ0) is 16.5. The van der Waals surface area contributed by atoms with Gasteiger partial charge in [-0.3, -0.25) is 4.79 Å². The molecule has 1 aromatic rings. The molecule has 22 heavy (non-hydrogen) atoms. The van der Waals surface area contributed by atoms with Crippen LogP contribution >= 0.6 is 0 Å². The van der Waals surface area contributed by atoms with Gasteiger partial charge in [0.25, 0.3) is 0 Å². The van der Waals surface area contributed by atoms with Gasteiger partial charge in [0.05, 0.1) is 12.0 Å². The summed E-state index contributed by atoms with van der Waals surface area (Å²) in [6, 6.07) is 3.49. The van der Waals surface area contributed by atoms with Crippen LogP contribution in [0.4, 0.5) is 0 Å². The van der Waals surface area contributed by atoms with Gasteiger partial charge in [-0.1, -0.05) is 6.58 Å². The van der Waals surface area contributed by atoms with Crippen LogP contribution in [0.2, 0.25) is 0 Å². The van der Waals surface area contributed by atoms with Gasteiger partial charge in [-0.25, -0.2) is 4.79 Å². The lowest BCUT2D eigenvalue weighted by molar-refractivity contribution is -0.179. The van der Waals surface area contributed by atoms with E-state index < -0.39 is 29.9 Å². The van der Waals surface area contributed by atoms with Gasteiger partial charge in [0, 0.05) is 0 Å². The predicted octanol–water partition coefficient (Wildman–Crippen LogP) is 1.68. The highest BCUT2D eigenvalue weighted by molar-refractivity contribution is 6.02. The molecule has 0 saturated carbocycles. The number of phenols is 2. The lowest BCUT2D eigenvalue weighted by Crippen LogP contribution is -2.48. The number of ketones is 1. The first kappa shape index (κ1) is 16.0. The Hall–Kier alpha value is -2.34. The van der Waals surface area contributed by atoms with Crippen molar-refractivity contribution in [2.45, 2.75) is 37.9 Å². The van der Waals surface area contributed by atoms with Crippen molar-refractivity contribution in [1.82, 2.24) is 0 Å². The topological polar surface area (TPSA) is 104 Å². The second-order valence-corrected chi connectivity index (χ2v) is 5.61. The third-order valence-corrected chi connectivity index (χ3v) is 3.73. The number of esters is 1. The number of phenolic OH excluding ortho intramolecular Hbond substituents is 2. The van der Waals surface area contributed by atoms with E-state index in [4.69, 9.17) is 4.74 Å². The molecule has 0 aliphatic carbocycles. The summed E-state index contributed by atoms with van der Waals surface area (Å²) in [4.78, 5) is 24.2. The maximum Gasteiger partial charge on any atom is 0.339 e. The molecule has 0 spiro atoms. The molecular weight excluding hydrogens is 288 g/mol. The molecule has 0 unspecified atom stereocenters. The van der Waals surface area contributed by atoms with Crippen molar-refractivity contribution in [3.63, 3.8) is 0 Å². The standard InChI is InChI=1S/C16H18O6/c1-9(2)14-5-6-16(21,15(20)22-14)8-13(19)11-7-10(17)3-4-12(11)18/h3-4,7,14,17-18,21H,1,5-6,8H2,2H3/t14-,16-/m0/s1. The summed E-state index contributed by atoms with van der Waals surface area (Å²) >= 11 is 0. The Morgan fingerprint density at radius 2 is 2.14 bits per heavy atom. The molecule has 1 aliphatic heterocycles. The minimum Gasteiger partial charge on any atom is -0.508 e. The quantitative estimate of drug-likeness (QED) is 0.338. The zero-order valence-corrected chi connectivity index (χ0v) is 12.2. The number of cyclic esters (lactones) is 1. The van der Waals surface area contributed by atoms with Crippen LogP contribution in [0.5, 0.6) is 11.5 Å². The molecule has 0 amide bonds. The normalized spacial score (nSPS) is 24.6. The van der Waals surface area contributed by atoms with Crippen LogP contribution in [0, 0.1) is 0 Å². The van der Waals surface area contributed by atoms with Crippen LogP contribution < -0.4 is 0 Å². The fourth-order valence-corrected chi connectivity index (χ4v) is 2.39. The van der Waals surface area contributed by atoms with Gasteiger partial charge in [-0.2, -0.15) is 0 Å². The third-order valence-electron chi connectivity index (χ3n) is 3.73. The highest BCUT2D eigenvalue weighted by Gasteiger charge is 2.45. The molecular formula is C16H18O6. The van der Waals surface area contributed by atoms with Gasteiger partial charge >= 0.3 is 5.97 Å². The number of ether oxygens (including phenoxy) is 1. The highest BCUT2D eigenvalue weighted by atomic mass is 16.6. The molecule has 1 aliphatic rings. The molecule has 1 fully saturated rings. The first-order chi connectivity index (χ1) is 10.2. The van der Waals surface area contributed by atoms with Crippen molar-refractivity contribution in [3.8, 4) is 11.5 Å². The number of hydrogen-bond acceptors (Lipinski definition) is 6. The summed E-state index contributed by atoms with van der Waals surface area (Å²) in [5.74, 6) is -2.04. The van der Waals surface area contributed by atoms with E-state index in [1.807, 2.05) is 0 Å². The summed E-state index contributed by atoms with van der Waals surface area (Å²) < 4.78 is 5.10. The molecule has 6 heteroatoms. The van der Waals surface area contributed by atoms with E-state index in [1.54, 1.807) is 6.92 Å². The second kappa shape index (κ2) is 5.81. The van der Waals surface area contributed by atoms with Crippen molar-refractivity contribution >= 4 is 11.8 Å². The molecule has 0 bridgehead atoms. The summed E-state index contributed by atoms with van der Waals surface area (Å²) in [5, 5.41) is 29.4. The fraction of sp³-hybridized carbons (Fsp3) is 0.375. The van der Waals surface area contributed by atoms with Crippen LogP contribution in [0.1, 0.15) is 36.5 Å². The number of hydrogen-bond donors (Lipinski definition) is 3. The van der Waals surface area contributed by atoms with Gasteiger partial charge in [0.1, 0.15) is 17.6 Å². The van der Waals surface area contributed by atoms with Crippen LogP contribution in [0.15, 0.2) is 30.4 Å². The Labute approximate surface area is 127 Å². The van der Waals surface area contributed by atoms with Gasteiger partial charge in [-0.15, -0.1) is 0 Å². The monoisotopic (exact) mass is 306 g/mol. The molecule has 1 aromatic carbocycles. The summed E-state index contributed by atoms with van der Waals surface area (Å²) in [6.45, 7) is 5.42. The van der Waals surface area contributed by atoms with Crippen LogP contribution in [-0.4, -0.2) is 38.8 Å². The summed E-state index contributed by atoms with van der Waals surface area (Å²) in [5.41, 5.74) is -1.41. The average molecular weight is 306 g/mol. The molecule has 6 nitrogen and oxygen atoms in total. The van der Waals surface area contributed by atoms with E-state index in [2.05, 4.69) is 6.58 Å². The number of aliphatic hydroxyl groups is 1. The third kappa shape index (κ3) is 3.12. The molecule has 0 aromatic heterocycles. The SMILES string of the molecule is C=C(C)[C@@H]1CC[C@](O)(CC(=O)c2cc(O)ccc2O)C(=O)O1. The summed E-state index contributed by atoms with van der Waals surface area (Å²) in [7, 11) is 0. The van der Waals surface area contributed by atoms with E-state index in [9.17, 15) is 24.9 Å². The maximum atomic E-state index is 12.2. The van der Waals surface area contributed by atoms with Crippen LogP contribution in [0.25, 0.3) is 0 Å². The minimum atomic E-state index is -1.93. The zero-order valence-electron chi connectivity index (χ0n) is 12.2. The first-order valence-corrected chi connectivity index (χ1v) is 6.87. The van der Waals surface area contributed by atoms with Crippen molar-refractivity contribution < 1.29 is 29.6 Å². The van der Waals surface area contributed by atoms with Crippen molar-refractivity contribution in [2.24, 2.45) is 0 Å². The van der Waals surface area contributed by atoms with Crippen molar-refractivity contribution in [1.29, 1.82) is 0 Å². The van der Waals surface area contributed by atoms with E-state index in [1.165, 1.54) is 12.1 Å². The molecule has 0 radical (unpaired) electrons. The number of benzene rings is 1. The van der Waals surface area contributed by atoms with Crippen molar-refractivity contribution in [2.75, 3.05) is 0 Å². The molecule has 1 saturated heterocycles. The lowest BCUT2D eigenvalue weighted by Gasteiger charge is -2.34. The number of rotatable bonds is 4. The first-order valence-electron chi connectivity index (χ1n) is 6.87. The van der Waals surface area contributed by atoms with E-state index in [0.29, 0.717) is 12.0 Å². The Bertz CT molecular complexity index is 636. The number of carbonyl (C=O) groups is 2. The fourth-order valence-electron chi connectivity index (χ4n) is 2.39. The Kier molecular flexibility index (Phi) is 4.23. The van der Waals surface area contributed by atoms with Gasteiger partial charge in [-0.05, 0) is 43.5 Å². The number of aromatic hydroxyl groups is 2. The van der Waals surface area contributed by atoms with Crippen molar-refractivity contribution in [3.05, 3.63) is 35.9 Å². The number of carbonyl (C=O) groups excluding carboxylic acids is 2. The Morgan fingerprint density at radius 3 is 2.73 bits per heavy atom. The molecule has 3 N–H and O–H groups in total. The average Bonchev–Trinajstić information content (AvgIpc) is 2.44. The Balaban J connectivity index is 2.16. The van der Waals surface area contributed by atoms with Gasteiger partial charge in [0.2, 0.25) is 0 Å². The largest absolute Gasteiger partial charge is 0.508 e. The molecule has 1 heterocycles.